The highest BCUT2D eigenvalue weighted by Gasteiger charge is 2.55. The molecule has 2 N–H and O–H groups in total. The van der Waals surface area contributed by atoms with E-state index in [1.54, 1.807) is 0 Å². The normalized spacial score (nSPS) is 20.8. The fourth-order valence-corrected chi connectivity index (χ4v) is 11.7. The van der Waals surface area contributed by atoms with E-state index in [-0.39, 0.29) is 54.0 Å². The number of Topliss-reactive ketones (excluding diaryl/α,β-unsaturated/α-hetero) is 1. The quantitative estimate of drug-likeness (QED) is 0.151. The third-order valence-corrected chi connectivity index (χ3v) is 14.3. The Kier molecular flexibility index (Phi) is 13.8. The third-order valence-electron chi connectivity index (χ3n) is 8.22. The van der Waals surface area contributed by atoms with Gasteiger partial charge in [-0.1, -0.05) is 61.8 Å². The molecule has 2 heterocycles. The highest BCUT2D eigenvalue weighted by Crippen LogP contribution is 2.47. The Hall–Kier alpha value is -2.57. The number of aromatic amines is 1. The first kappa shape index (κ1) is 35.6. The van der Waals surface area contributed by atoms with E-state index >= 15 is 0 Å². The lowest BCUT2D eigenvalue weighted by Gasteiger charge is -2.45. The van der Waals surface area contributed by atoms with E-state index in [2.05, 4.69) is 51.8 Å². The predicted molar refractivity (Wildman–Crippen MR) is 163 cm³/mol. The number of aromatic nitrogens is 2. The molecule has 0 aromatic carbocycles. The molecule has 1 unspecified atom stereocenters. The summed E-state index contributed by atoms with van der Waals surface area (Å²) in [5.41, 5.74) is -0.545. The number of carbonyl (C=O) groups is 3. The Bertz CT molecular complexity index is 1140. The smallest absolute Gasteiger partial charge is 0.330 e. The highest BCUT2D eigenvalue weighted by atomic mass is 28.4. The number of amides is 1. The van der Waals surface area contributed by atoms with Gasteiger partial charge in [0.2, 0.25) is 14.2 Å². The number of ether oxygens (including phenoxy) is 2. The highest BCUT2D eigenvalue weighted by molar-refractivity contribution is 6.77. The number of nitrogens with zero attached hydrogens (tertiary/aromatic N) is 1. The lowest BCUT2D eigenvalue weighted by Crippen LogP contribution is -2.54. The Morgan fingerprint density at radius 1 is 0.976 bits per heavy atom. The van der Waals surface area contributed by atoms with Crippen molar-refractivity contribution in [1.82, 2.24) is 14.9 Å². The van der Waals surface area contributed by atoms with Crippen molar-refractivity contribution < 1.29 is 28.3 Å². The van der Waals surface area contributed by atoms with Crippen molar-refractivity contribution in [3.05, 3.63) is 33.1 Å². The van der Waals surface area contributed by atoms with Gasteiger partial charge in [0.25, 0.3) is 5.56 Å². The Labute approximate surface area is 250 Å². The van der Waals surface area contributed by atoms with Gasteiger partial charge in [-0.2, -0.15) is 0 Å². The molecule has 1 aliphatic rings. The molecule has 1 saturated heterocycles. The van der Waals surface area contributed by atoms with Crippen LogP contribution < -0.4 is 16.6 Å². The molecule has 1 amide bonds. The van der Waals surface area contributed by atoms with Gasteiger partial charge in [-0.3, -0.25) is 28.7 Å². The first-order valence-electron chi connectivity index (χ1n) is 15.4. The van der Waals surface area contributed by atoms with Gasteiger partial charge in [0, 0.05) is 38.1 Å². The fourth-order valence-electron chi connectivity index (χ4n) is 6.12. The summed E-state index contributed by atoms with van der Waals surface area (Å²) in [6, 6.07) is 1.25. The van der Waals surface area contributed by atoms with Crippen molar-refractivity contribution >= 4 is 26.0 Å². The van der Waals surface area contributed by atoms with E-state index in [1.807, 2.05) is 13.8 Å². The summed E-state index contributed by atoms with van der Waals surface area (Å²) in [5.74, 6) is -0.940. The second kappa shape index (κ2) is 16.3. The zero-order chi connectivity index (χ0) is 31.6. The zero-order valence-electron chi connectivity index (χ0n) is 26.6. The van der Waals surface area contributed by atoms with Gasteiger partial charge in [0.1, 0.15) is 11.9 Å². The largest absolute Gasteiger partial charge is 0.457 e. The minimum atomic E-state index is -2.55. The molecule has 0 radical (unpaired) electrons. The molecule has 238 valence electrons. The number of rotatable bonds is 17. The van der Waals surface area contributed by atoms with Gasteiger partial charge in [0.05, 0.1) is 12.5 Å². The Balaban J connectivity index is 2.27. The van der Waals surface area contributed by atoms with Crippen molar-refractivity contribution in [1.29, 1.82) is 0 Å². The number of carbonyl (C=O) groups excluding carboxylic acids is 3. The van der Waals surface area contributed by atoms with Crippen molar-refractivity contribution in [3.8, 4) is 0 Å². The van der Waals surface area contributed by atoms with Crippen LogP contribution in [0.5, 0.6) is 0 Å². The van der Waals surface area contributed by atoms with Crippen molar-refractivity contribution in [2.75, 3.05) is 6.54 Å². The van der Waals surface area contributed by atoms with E-state index in [9.17, 15) is 24.0 Å². The minimum absolute atomic E-state index is 0.0392. The van der Waals surface area contributed by atoms with Crippen molar-refractivity contribution in [3.63, 3.8) is 0 Å². The van der Waals surface area contributed by atoms with E-state index in [1.165, 1.54) is 16.8 Å². The maximum Gasteiger partial charge on any atom is 0.330 e. The molecule has 11 nitrogen and oxygen atoms in total. The molecule has 1 aromatic rings. The first-order valence-corrected chi connectivity index (χ1v) is 17.5. The molecule has 4 atom stereocenters. The fraction of sp³-hybridized carbons (Fsp3) is 0.767. The Morgan fingerprint density at radius 3 is 2.14 bits per heavy atom. The second-order valence-electron chi connectivity index (χ2n) is 12.1. The lowest BCUT2D eigenvalue weighted by atomic mass is 10.1. The van der Waals surface area contributed by atoms with Gasteiger partial charge in [-0.25, -0.2) is 4.79 Å². The van der Waals surface area contributed by atoms with Crippen LogP contribution in [0.25, 0.3) is 0 Å². The van der Waals surface area contributed by atoms with Gasteiger partial charge < -0.3 is 19.2 Å². The van der Waals surface area contributed by atoms with Crippen LogP contribution in [-0.4, -0.2) is 60.4 Å². The summed E-state index contributed by atoms with van der Waals surface area (Å²) in [5, 5.41) is 2.78. The molecular weight excluding hydrogens is 558 g/mol. The molecule has 0 spiro atoms. The summed E-state index contributed by atoms with van der Waals surface area (Å²) >= 11 is 0. The van der Waals surface area contributed by atoms with E-state index in [0.29, 0.717) is 13.0 Å². The number of hydrogen-bond acceptors (Lipinski definition) is 8. The van der Waals surface area contributed by atoms with Crippen LogP contribution in [0.4, 0.5) is 0 Å². The van der Waals surface area contributed by atoms with E-state index < -0.39 is 50.1 Å². The third kappa shape index (κ3) is 8.97. The number of hydrogen-bond donors (Lipinski definition) is 2. The predicted octanol–water partition coefficient (Wildman–Crippen LogP) is 4.36. The standard InChI is InChI=1S/C30H51N3O8Si/c1-9-11-17-31-24(35)14-12-22(34)13-15-26(37)40-27-23(10-2)39-29(33-18-16-25(36)32-30(33)38)28(27)41-42(19(3)4,20(5)6)21(7)8/h16,18-21,23,27-29H,9-15,17H2,1-8H3,(H,31,35)(H,32,36,38)/t23-,27+,28?,29-/m1/s1. The number of H-pyrrole nitrogens is 1. The number of esters is 1. The summed E-state index contributed by atoms with van der Waals surface area (Å²) < 4.78 is 20.7. The summed E-state index contributed by atoms with van der Waals surface area (Å²) in [7, 11) is -2.55. The maximum absolute atomic E-state index is 13.1. The SMILES string of the molecule is CCCCNC(=O)CCC(=O)CCC(=O)O[C@@H]1C(O[Si](C(C)C)(C(C)C)C(C)C)[C@H](n2ccc(=O)[nH]c2=O)O[C@@H]1CC. The monoisotopic (exact) mass is 609 g/mol. The van der Waals surface area contributed by atoms with Gasteiger partial charge in [0.15, 0.2) is 12.3 Å². The number of ketones is 1. The van der Waals surface area contributed by atoms with Gasteiger partial charge >= 0.3 is 11.7 Å². The van der Waals surface area contributed by atoms with Crippen molar-refractivity contribution in [2.45, 2.75) is 141 Å². The van der Waals surface area contributed by atoms with Crippen LogP contribution in [0.2, 0.25) is 16.6 Å². The van der Waals surface area contributed by atoms with E-state index in [0.717, 1.165) is 12.8 Å². The molecule has 42 heavy (non-hydrogen) atoms. The van der Waals surface area contributed by atoms with Crippen LogP contribution in [-0.2, 0) is 28.3 Å². The summed E-state index contributed by atoms with van der Waals surface area (Å²) in [6.07, 6.45) is 0.561. The molecule has 2 rings (SSSR count). The Morgan fingerprint density at radius 2 is 1.60 bits per heavy atom. The maximum atomic E-state index is 13.1. The minimum Gasteiger partial charge on any atom is -0.457 e. The first-order chi connectivity index (χ1) is 19.8. The van der Waals surface area contributed by atoms with Crippen LogP contribution in [0.1, 0.15) is 107 Å². The topological polar surface area (TPSA) is 146 Å². The molecule has 0 saturated carbocycles. The average Bonchev–Trinajstić information content (AvgIpc) is 3.24. The van der Waals surface area contributed by atoms with Crippen LogP contribution in [0.15, 0.2) is 21.9 Å². The number of unbranched alkanes of at least 4 members (excludes halogenated alkanes) is 1. The molecule has 1 aliphatic heterocycles. The average molecular weight is 610 g/mol. The van der Waals surface area contributed by atoms with Gasteiger partial charge in [-0.15, -0.1) is 0 Å². The van der Waals surface area contributed by atoms with Crippen LogP contribution in [0, 0.1) is 0 Å². The van der Waals surface area contributed by atoms with E-state index in [4.69, 9.17) is 13.9 Å². The van der Waals surface area contributed by atoms with Gasteiger partial charge in [-0.05, 0) is 29.5 Å². The zero-order valence-corrected chi connectivity index (χ0v) is 27.6. The molecule has 12 heteroatoms. The molecule has 1 fully saturated rings. The lowest BCUT2D eigenvalue weighted by molar-refractivity contribution is -0.156. The van der Waals surface area contributed by atoms with Crippen LogP contribution >= 0.6 is 0 Å². The molecule has 1 aromatic heterocycles. The van der Waals surface area contributed by atoms with Crippen molar-refractivity contribution in [2.24, 2.45) is 0 Å². The summed E-state index contributed by atoms with van der Waals surface area (Å²) in [4.78, 5) is 64.3. The molecule has 0 aliphatic carbocycles. The second-order valence-corrected chi connectivity index (χ2v) is 17.5. The summed E-state index contributed by atoms with van der Waals surface area (Å²) in [6.45, 7) is 17.3. The number of nitrogens with one attached hydrogen (secondary N) is 2. The molecule has 0 bridgehead atoms. The van der Waals surface area contributed by atoms with Crippen LogP contribution in [0.3, 0.4) is 0 Å². The molecular formula is C30H51N3O8Si.